The van der Waals surface area contributed by atoms with Gasteiger partial charge in [0, 0.05) is 36.3 Å². The van der Waals surface area contributed by atoms with E-state index >= 15 is 0 Å². The Labute approximate surface area is 243 Å². The third-order valence-corrected chi connectivity index (χ3v) is 10.2. The summed E-state index contributed by atoms with van der Waals surface area (Å²) in [5, 5.41) is 15.0. The molecule has 224 valence electrons. The van der Waals surface area contributed by atoms with Crippen LogP contribution >= 0.6 is 11.8 Å². The number of thioether (sulfide) groups is 1. The quantitative estimate of drug-likeness (QED) is 0.177. The van der Waals surface area contributed by atoms with Gasteiger partial charge in [0.15, 0.2) is 5.67 Å². The molecular weight excluding hydrogens is 574 g/mol. The normalized spacial score (nSPS) is 19.9. The number of benzene rings is 2. The fourth-order valence-electron chi connectivity index (χ4n) is 5.17. The molecule has 1 aliphatic carbocycles. The second kappa shape index (κ2) is 13.9. The smallest absolute Gasteiger partial charge is 0.293 e. The molecule has 0 spiro atoms. The fourth-order valence-corrected chi connectivity index (χ4v) is 7.29. The number of amides is 1. The van der Waals surface area contributed by atoms with E-state index in [9.17, 15) is 32.1 Å². The highest BCUT2D eigenvalue weighted by molar-refractivity contribution is 7.99. The number of nitro benzene ring substituents is 1. The van der Waals surface area contributed by atoms with Crippen molar-refractivity contribution >= 4 is 39.1 Å². The number of nitrogens with zero attached hydrogens (tertiary/aromatic N) is 2. The first-order valence-corrected chi connectivity index (χ1v) is 16.4. The van der Waals surface area contributed by atoms with Gasteiger partial charge in [0.25, 0.3) is 21.6 Å². The van der Waals surface area contributed by atoms with Crippen molar-refractivity contribution in [1.29, 1.82) is 0 Å². The van der Waals surface area contributed by atoms with Crippen molar-refractivity contribution in [1.82, 2.24) is 9.62 Å². The van der Waals surface area contributed by atoms with Crippen molar-refractivity contribution in [3.63, 3.8) is 0 Å². The number of nitro groups is 1. The fraction of sp³-hybridized carbons (Fsp3) is 0.536. The summed E-state index contributed by atoms with van der Waals surface area (Å²) >= 11 is 1.66. The second-order valence-corrected chi connectivity index (χ2v) is 13.5. The van der Waals surface area contributed by atoms with E-state index in [0.29, 0.717) is 45.4 Å². The van der Waals surface area contributed by atoms with Crippen LogP contribution in [0.3, 0.4) is 0 Å². The summed E-state index contributed by atoms with van der Waals surface area (Å²) in [5.41, 5.74) is -2.61. The Morgan fingerprint density at radius 3 is 2.56 bits per heavy atom. The first-order valence-electron chi connectivity index (χ1n) is 13.9. The summed E-state index contributed by atoms with van der Waals surface area (Å²) in [4.78, 5) is 26.3. The van der Waals surface area contributed by atoms with Gasteiger partial charge >= 0.3 is 0 Å². The first-order chi connectivity index (χ1) is 19.6. The maximum atomic E-state index is 15.0. The molecule has 2 aliphatic rings. The molecule has 2 atom stereocenters. The second-order valence-electron chi connectivity index (χ2n) is 10.7. The summed E-state index contributed by atoms with van der Waals surface area (Å²) in [6.45, 7) is 2.19. The minimum Gasteiger partial charge on any atom is -0.379 e. The molecule has 13 heteroatoms. The Hall–Kier alpha value is -2.77. The number of carbonyl (C=O) groups is 1. The van der Waals surface area contributed by atoms with Crippen LogP contribution < -0.4 is 10.0 Å². The van der Waals surface area contributed by atoms with Gasteiger partial charge in [-0.15, -0.1) is 11.8 Å². The van der Waals surface area contributed by atoms with Gasteiger partial charge in [-0.05, 0) is 75.3 Å². The van der Waals surface area contributed by atoms with Crippen LogP contribution in [0.1, 0.15) is 44.9 Å². The summed E-state index contributed by atoms with van der Waals surface area (Å²) in [5.74, 6) is -0.434. The largest absolute Gasteiger partial charge is 0.379 e. The monoisotopic (exact) mass is 610 g/mol. The Kier molecular flexibility index (Phi) is 10.6. The molecule has 1 aliphatic heterocycles. The van der Waals surface area contributed by atoms with E-state index in [1.807, 2.05) is 30.3 Å². The lowest BCUT2D eigenvalue weighted by Crippen LogP contribution is -2.46. The van der Waals surface area contributed by atoms with Gasteiger partial charge in [0.2, 0.25) is 0 Å². The molecule has 0 bridgehead atoms. The number of carbonyl (C=O) groups excluding carboxylic acids is 1. The van der Waals surface area contributed by atoms with Gasteiger partial charge in [-0.25, -0.2) is 21.9 Å². The Morgan fingerprint density at radius 2 is 1.90 bits per heavy atom. The zero-order valence-corrected chi connectivity index (χ0v) is 24.4. The predicted octanol–water partition coefficient (Wildman–Crippen LogP) is 5.33. The molecule has 1 amide bonds. The van der Waals surface area contributed by atoms with Crippen molar-refractivity contribution in [2.24, 2.45) is 5.92 Å². The van der Waals surface area contributed by atoms with Crippen molar-refractivity contribution < 1.29 is 26.9 Å². The third-order valence-electron chi connectivity index (χ3n) is 7.63. The number of alkyl halides is 2. The van der Waals surface area contributed by atoms with Gasteiger partial charge < -0.3 is 10.2 Å². The van der Waals surface area contributed by atoms with Crippen LogP contribution in [0.2, 0.25) is 0 Å². The molecular formula is C28H36F2N4O5S2. The Bertz CT molecular complexity index is 1310. The number of sulfonamides is 1. The maximum Gasteiger partial charge on any atom is 0.293 e. The molecule has 1 saturated carbocycles. The molecule has 1 saturated heterocycles. The molecule has 2 fully saturated rings. The van der Waals surface area contributed by atoms with Crippen LogP contribution in [-0.4, -0.2) is 67.9 Å². The molecule has 9 nitrogen and oxygen atoms in total. The first kappa shape index (κ1) is 31.2. The van der Waals surface area contributed by atoms with Crippen molar-refractivity contribution in [2.45, 2.75) is 66.6 Å². The zero-order valence-electron chi connectivity index (χ0n) is 22.8. The average Bonchev–Trinajstić information content (AvgIpc) is 3.38. The number of hydrogen-bond donors (Lipinski definition) is 2. The molecule has 0 radical (unpaired) electrons. The van der Waals surface area contributed by atoms with E-state index in [2.05, 4.69) is 10.2 Å². The van der Waals surface area contributed by atoms with Gasteiger partial charge in [0.05, 0.1) is 9.82 Å². The Morgan fingerprint density at radius 1 is 1.17 bits per heavy atom. The zero-order chi connectivity index (χ0) is 29.5. The van der Waals surface area contributed by atoms with Gasteiger partial charge in [-0.1, -0.05) is 24.6 Å². The van der Waals surface area contributed by atoms with Crippen LogP contribution in [0.25, 0.3) is 0 Å². The van der Waals surface area contributed by atoms with Crippen LogP contribution in [0.5, 0.6) is 0 Å². The highest BCUT2D eigenvalue weighted by Gasteiger charge is 2.41. The van der Waals surface area contributed by atoms with Crippen LogP contribution in [-0.2, 0) is 14.8 Å². The molecule has 0 unspecified atom stereocenters. The molecule has 1 heterocycles. The number of hydrogen-bond acceptors (Lipinski definition) is 8. The lowest BCUT2D eigenvalue weighted by Gasteiger charge is -2.27. The topological polar surface area (TPSA) is 122 Å². The lowest BCUT2D eigenvalue weighted by atomic mass is 9.86. The van der Waals surface area contributed by atoms with E-state index < -0.39 is 43.3 Å². The number of rotatable bonds is 13. The van der Waals surface area contributed by atoms with E-state index in [1.165, 1.54) is 6.07 Å². The lowest BCUT2D eigenvalue weighted by molar-refractivity contribution is -0.384. The van der Waals surface area contributed by atoms with E-state index in [4.69, 9.17) is 0 Å². The standard InChI is InChI=1S/C28H36F2N4O5S2/c29-22-12-16-33(19-22)15-11-21(20-40-23-7-3-1-4-8-23)18-31-25-10-9-24(17-26(25)34(36)37)41(38,39)32-27(35)28(30)13-5-2-6-14-28/h1,3-4,7-10,17,21-22,31H,2,5-6,11-16,18-20H2,(H,32,35)/t21-,22-/m0/s1. The molecule has 2 N–H and O–H groups in total. The summed E-state index contributed by atoms with van der Waals surface area (Å²) < 4.78 is 56.1. The number of nitrogens with one attached hydrogen (secondary N) is 2. The van der Waals surface area contributed by atoms with Crippen LogP contribution in [0.4, 0.5) is 20.2 Å². The molecule has 41 heavy (non-hydrogen) atoms. The average molecular weight is 611 g/mol. The minimum atomic E-state index is -4.52. The number of likely N-dealkylation sites (tertiary alicyclic amines) is 1. The van der Waals surface area contributed by atoms with E-state index in [-0.39, 0.29) is 24.4 Å². The highest BCUT2D eigenvalue weighted by atomic mass is 32.2. The van der Waals surface area contributed by atoms with Crippen LogP contribution in [0.15, 0.2) is 58.3 Å². The van der Waals surface area contributed by atoms with Gasteiger partial charge in [-0.2, -0.15) is 0 Å². The third kappa shape index (κ3) is 8.62. The molecule has 0 aromatic heterocycles. The van der Waals surface area contributed by atoms with Crippen LogP contribution in [0, 0.1) is 16.0 Å². The van der Waals surface area contributed by atoms with E-state index in [1.54, 1.807) is 16.5 Å². The van der Waals surface area contributed by atoms with Gasteiger partial charge in [0.1, 0.15) is 11.9 Å². The van der Waals surface area contributed by atoms with Crippen molar-refractivity contribution in [2.75, 3.05) is 37.2 Å². The van der Waals surface area contributed by atoms with Gasteiger partial charge in [-0.3, -0.25) is 14.9 Å². The summed E-state index contributed by atoms with van der Waals surface area (Å²) in [7, 11) is -4.52. The SMILES string of the molecule is O=C(NS(=O)(=O)c1ccc(NC[C@H](CCN2CC[C@H](F)C2)CSc2ccccc2)c([N+](=O)[O-])c1)C1(F)CCCCC1. The predicted molar refractivity (Wildman–Crippen MR) is 155 cm³/mol. The minimum absolute atomic E-state index is 0.0623. The van der Waals surface area contributed by atoms with Crippen molar-refractivity contribution in [3.05, 3.63) is 58.6 Å². The number of halogens is 2. The molecule has 2 aromatic carbocycles. The van der Waals surface area contributed by atoms with E-state index in [0.717, 1.165) is 35.6 Å². The summed E-state index contributed by atoms with van der Waals surface area (Å²) in [6, 6.07) is 13.2. The molecule has 4 rings (SSSR count). The number of anilines is 1. The maximum absolute atomic E-state index is 15.0. The Balaban J connectivity index is 1.44. The van der Waals surface area contributed by atoms with Crippen molar-refractivity contribution in [3.8, 4) is 0 Å². The highest BCUT2D eigenvalue weighted by Crippen LogP contribution is 2.33. The molecule has 2 aromatic rings. The summed E-state index contributed by atoms with van der Waals surface area (Å²) in [6.07, 6.45) is 2.07.